The molecule has 0 spiro atoms. The molecular weight excluding hydrogens is 334 g/mol. The number of nitrogens with zero attached hydrogens (tertiary/aromatic N) is 3. The number of thiazole rings is 1. The Morgan fingerprint density at radius 1 is 1.22 bits per heavy atom. The van der Waals surface area contributed by atoms with Crippen LogP contribution in [0, 0.1) is 0 Å². The van der Waals surface area contributed by atoms with E-state index in [1.54, 1.807) is 29.5 Å². The van der Waals surface area contributed by atoms with Gasteiger partial charge in [-0.3, -0.25) is 4.40 Å². The maximum atomic E-state index is 12.7. The van der Waals surface area contributed by atoms with Crippen LogP contribution < -0.4 is 0 Å². The summed E-state index contributed by atoms with van der Waals surface area (Å²) in [6.45, 7) is 1.67. The van der Waals surface area contributed by atoms with Gasteiger partial charge in [-0.25, -0.2) is 13.4 Å². The Morgan fingerprint density at radius 3 is 2.83 bits per heavy atom. The van der Waals surface area contributed by atoms with E-state index >= 15 is 0 Å². The molecule has 1 aromatic carbocycles. The highest BCUT2D eigenvalue weighted by Crippen LogP contribution is 2.25. The zero-order chi connectivity index (χ0) is 15.9. The van der Waals surface area contributed by atoms with Crippen LogP contribution in [0.5, 0.6) is 0 Å². The normalized spacial score (nSPS) is 16.9. The average molecular weight is 349 g/mol. The highest BCUT2D eigenvalue weighted by Gasteiger charge is 2.26. The minimum absolute atomic E-state index is 0.299. The minimum Gasteiger partial charge on any atom is -0.379 e. The number of fused-ring (bicyclic) bond motifs is 1. The van der Waals surface area contributed by atoms with E-state index in [1.165, 1.54) is 4.31 Å². The Labute approximate surface area is 138 Å². The van der Waals surface area contributed by atoms with Gasteiger partial charge in [-0.1, -0.05) is 12.1 Å². The molecule has 120 valence electrons. The molecule has 1 fully saturated rings. The summed E-state index contributed by atoms with van der Waals surface area (Å²) in [5.74, 6) is 0. The van der Waals surface area contributed by atoms with Gasteiger partial charge < -0.3 is 4.74 Å². The standard InChI is InChI=1S/C15H15N3O3S2/c19-23(20,18-4-7-21-8-5-18)13-3-1-2-12(10-13)14-11-17-6-9-22-15(17)16-14/h1-3,6,9-11H,4-5,7-8H2. The molecule has 1 aliphatic rings. The van der Waals surface area contributed by atoms with E-state index in [0.717, 1.165) is 16.2 Å². The summed E-state index contributed by atoms with van der Waals surface area (Å²) in [6, 6.07) is 6.96. The van der Waals surface area contributed by atoms with Gasteiger partial charge in [-0.15, -0.1) is 11.3 Å². The molecule has 0 atom stereocenters. The number of sulfonamides is 1. The largest absolute Gasteiger partial charge is 0.379 e. The zero-order valence-electron chi connectivity index (χ0n) is 12.3. The smallest absolute Gasteiger partial charge is 0.243 e. The SMILES string of the molecule is O=S(=O)(c1cccc(-c2cn3ccsc3n2)c1)N1CCOCC1. The second-order valence-corrected chi connectivity index (χ2v) is 8.07. The predicted molar refractivity (Wildman–Crippen MR) is 88.1 cm³/mol. The summed E-state index contributed by atoms with van der Waals surface area (Å²) < 4.78 is 34.1. The topological polar surface area (TPSA) is 63.9 Å². The number of hydrogen-bond acceptors (Lipinski definition) is 5. The highest BCUT2D eigenvalue weighted by molar-refractivity contribution is 7.89. The Hall–Kier alpha value is -1.74. The molecule has 23 heavy (non-hydrogen) atoms. The van der Waals surface area contributed by atoms with Gasteiger partial charge in [0.15, 0.2) is 4.96 Å². The molecule has 0 unspecified atom stereocenters. The number of hydrogen-bond donors (Lipinski definition) is 0. The van der Waals surface area contributed by atoms with Crippen molar-refractivity contribution in [2.75, 3.05) is 26.3 Å². The maximum Gasteiger partial charge on any atom is 0.243 e. The van der Waals surface area contributed by atoms with Crippen LogP contribution in [0.15, 0.2) is 46.9 Å². The van der Waals surface area contributed by atoms with E-state index in [2.05, 4.69) is 4.98 Å². The third-order valence-electron chi connectivity index (χ3n) is 3.83. The zero-order valence-corrected chi connectivity index (χ0v) is 13.9. The van der Waals surface area contributed by atoms with E-state index in [1.807, 2.05) is 28.2 Å². The average Bonchev–Trinajstić information content (AvgIpc) is 3.17. The number of morpholine rings is 1. The van der Waals surface area contributed by atoms with Crippen molar-refractivity contribution in [3.05, 3.63) is 42.0 Å². The van der Waals surface area contributed by atoms with Crippen LogP contribution in [-0.4, -0.2) is 48.4 Å². The van der Waals surface area contributed by atoms with Crippen molar-refractivity contribution in [3.8, 4) is 11.3 Å². The van der Waals surface area contributed by atoms with E-state index in [0.29, 0.717) is 31.2 Å². The lowest BCUT2D eigenvalue weighted by Crippen LogP contribution is -2.40. The molecule has 1 aliphatic heterocycles. The first-order valence-electron chi connectivity index (χ1n) is 7.25. The molecule has 0 N–H and O–H groups in total. The molecule has 8 heteroatoms. The van der Waals surface area contributed by atoms with Gasteiger partial charge in [0.2, 0.25) is 10.0 Å². The van der Waals surface area contributed by atoms with Crippen molar-refractivity contribution in [2.24, 2.45) is 0 Å². The lowest BCUT2D eigenvalue weighted by Gasteiger charge is -2.26. The molecule has 0 bridgehead atoms. The summed E-state index contributed by atoms with van der Waals surface area (Å²) in [7, 11) is -3.49. The number of ether oxygens (including phenoxy) is 1. The summed E-state index contributed by atoms with van der Waals surface area (Å²) >= 11 is 1.55. The van der Waals surface area contributed by atoms with Crippen LogP contribution in [0.25, 0.3) is 16.2 Å². The monoisotopic (exact) mass is 349 g/mol. The van der Waals surface area contributed by atoms with Gasteiger partial charge in [-0.2, -0.15) is 4.31 Å². The molecule has 0 radical (unpaired) electrons. The minimum atomic E-state index is -3.49. The fourth-order valence-electron chi connectivity index (χ4n) is 2.62. The van der Waals surface area contributed by atoms with Crippen LogP contribution in [0.4, 0.5) is 0 Å². The molecule has 2 aromatic heterocycles. The van der Waals surface area contributed by atoms with E-state index in [4.69, 9.17) is 4.74 Å². The van der Waals surface area contributed by atoms with Crippen molar-refractivity contribution in [2.45, 2.75) is 4.90 Å². The number of imidazole rings is 1. The Bertz CT molecular complexity index is 911. The molecular formula is C15H15N3O3S2. The van der Waals surface area contributed by atoms with Crippen molar-refractivity contribution in [1.29, 1.82) is 0 Å². The van der Waals surface area contributed by atoms with E-state index in [-0.39, 0.29) is 0 Å². The Balaban J connectivity index is 1.72. The number of rotatable bonds is 3. The highest BCUT2D eigenvalue weighted by atomic mass is 32.2. The molecule has 3 heterocycles. The lowest BCUT2D eigenvalue weighted by molar-refractivity contribution is 0.0730. The Kier molecular flexibility index (Phi) is 3.68. The molecule has 1 saturated heterocycles. The van der Waals surface area contributed by atoms with E-state index in [9.17, 15) is 8.42 Å². The molecule has 6 nitrogen and oxygen atoms in total. The fourth-order valence-corrected chi connectivity index (χ4v) is 4.77. The van der Waals surface area contributed by atoms with Gasteiger partial charge >= 0.3 is 0 Å². The van der Waals surface area contributed by atoms with Crippen LogP contribution >= 0.6 is 11.3 Å². The lowest BCUT2D eigenvalue weighted by atomic mass is 10.2. The van der Waals surface area contributed by atoms with Gasteiger partial charge in [0.05, 0.1) is 23.8 Å². The number of benzene rings is 1. The van der Waals surface area contributed by atoms with Gasteiger partial charge in [0.1, 0.15) is 0 Å². The second kappa shape index (κ2) is 5.72. The van der Waals surface area contributed by atoms with Gasteiger partial charge in [-0.05, 0) is 12.1 Å². The van der Waals surface area contributed by atoms with Crippen molar-refractivity contribution in [1.82, 2.24) is 13.7 Å². The fraction of sp³-hybridized carbons (Fsp3) is 0.267. The summed E-state index contributed by atoms with van der Waals surface area (Å²) in [6.07, 6.45) is 3.84. The quantitative estimate of drug-likeness (QED) is 0.726. The number of aromatic nitrogens is 2. The van der Waals surface area contributed by atoms with Crippen LogP contribution in [0.3, 0.4) is 0 Å². The van der Waals surface area contributed by atoms with E-state index < -0.39 is 10.0 Å². The summed E-state index contributed by atoms with van der Waals surface area (Å²) in [5, 5.41) is 1.96. The summed E-state index contributed by atoms with van der Waals surface area (Å²) in [4.78, 5) is 5.72. The first-order valence-corrected chi connectivity index (χ1v) is 9.57. The predicted octanol–water partition coefficient (Wildman–Crippen LogP) is 2.08. The first-order chi connectivity index (χ1) is 11.1. The molecule has 0 amide bonds. The molecule has 0 saturated carbocycles. The third kappa shape index (κ3) is 2.67. The molecule has 0 aliphatic carbocycles. The van der Waals surface area contributed by atoms with Gasteiger partial charge in [0.25, 0.3) is 0 Å². The van der Waals surface area contributed by atoms with Crippen LogP contribution in [0.1, 0.15) is 0 Å². The third-order valence-corrected chi connectivity index (χ3v) is 6.50. The molecule has 3 aromatic rings. The van der Waals surface area contributed by atoms with Gasteiger partial charge in [0, 0.05) is 36.4 Å². The molecule has 4 rings (SSSR count). The first kappa shape index (κ1) is 14.8. The second-order valence-electron chi connectivity index (χ2n) is 5.26. The van der Waals surface area contributed by atoms with Crippen molar-refractivity contribution >= 4 is 26.3 Å². The van der Waals surface area contributed by atoms with Crippen LogP contribution in [0.2, 0.25) is 0 Å². The van der Waals surface area contributed by atoms with Crippen LogP contribution in [-0.2, 0) is 14.8 Å². The van der Waals surface area contributed by atoms with Crippen molar-refractivity contribution < 1.29 is 13.2 Å². The maximum absolute atomic E-state index is 12.7. The Morgan fingerprint density at radius 2 is 2.04 bits per heavy atom. The summed E-state index contributed by atoms with van der Waals surface area (Å²) in [5.41, 5.74) is 1.58. The van der Waals surface area contributed by atoms with Crippen molar-refractivity contribution in [3.63, 3.8) is 0 Å².